The number of benzene rings is 1. The Labute approximate surface area is 217 Å². The van der Waals surface area contributed by atoms with E-state index >= 15 is 0 Å². The van der Waals surface area contributed by atoms with Crippen molar-refractivity contribution in [2.75, 3.05) is 20.5 Å². The standard InChI is InChI=1S/C27H32BN5O4/c1-28(34)33-20-5-6-21(33)11-18(10-20)22-8-9-36-26-13-24(30-31-27(22)26)23-7-4-17(12-25(23)37-16-35-3)19-14-29-32(2)15-19/h4,7-8,12-15,18,20-21,34H,5-6,9-11,16H2,1-3H3/t18-,20-,21+. The molecule has 37 heavy (non-hydrogen) atoms. The third-order valence-corrected chi connectivity index (χ3v) is 7.86. The Bertz CT molecular complexity index is 1310. The van der Waals surface area contributed by atoms with Crippen molar-refractivity contribution in [2.45, 2.75) is 44.6 Å². The molecule has 0 saturated carbocycles. The highest BCUT2D eigenvalue weighted by Crippen LogP contribution is 2.46. The fourth-order valence-corrected chi connectivity index (χ4v) is 6.30. The van der Waals surface area contributed by atoms with Crippen molar-refractivity contribution in [3.63, 3.8) is 0 Å². The van der Waals surface area contributed by atoms with Gasteiger partial charge in [0.2, 0.25) is 0 Å². The van der Waals surface area contributed by atoms with Crippen molar-refractivity contribution in [1.29, 1.82) is 0 Å². The third-order valence-electron chi connectivity index (χ3n) is 7.86. The van der Waals surface area contributed by atoms with Crippen LogP contribution in [0.2, 0.25) is 6.82 Å². The van der Waals surface area contributed by atoms with E-state index in [1.807, 2.05) is 50.5 Å². The Morgan fingerprint density at radius 3 is 2.65 bits per heavy atom. The molecule has 1 aromatic carbocycles. The minimum absolute atomic E-state index is 0.124. The summed E-state index contributed by atoms with van der Waals surface area (Å²) in [5.41, 5.74) is 5.56. The zero-order chi connectivity index (χ0) is 25.5. The van der Waals surface area contributed by atoms with E-state index in [1.165, 1.54) is 5.57 Å². The quantitative estimate of drug-likeness (QED) is 0.387. The van der Waals surface area contributed by atoms with E-state index in [1.54, 1.807) is 11.8 Å². The van der Waals surface area contributed by atoms with Crippen molar-refractivity contribution in [1.82, 2.24) is 24.8 Å². The minimum Gasteiger partial charge on any atom is -0.487 e. The number of fused-ring (bicyclic) bond motifs is 3. The number of aryl methyl sites for hydroxylation is 1. The normalized spacial score (nSPS) is 22.8. The molecule has 1 N–H and O–H groups in total. The lowest BCUT2D eigenvalue weighted by Gasteiger charge is -2.41. The van der Waals surface area contributed by atoms with Gasteiger partial charge in [0.1, 0.15) is 29.5 Å². The van der Waals surface area contributed by atoms with E-state index in [-0.39, 0.29) is 6.79 Å². The highest BCUT2D eigenvalue weighted by Gasteiger charge is 2.45. The van der Waals surface area contributed by atoms with E-state index in [0.29, 0.717) is 36.1 Å². The maximum atomic E-state index is 10.3. The maximum absolute atomic E-state index is 10.3. The summed E-state index contributed by atoms with van der Waals surface area (Å²) in [6.45, 7) is 2.53. The number of rotatable bonds is 7. The van der Waals surface area contributed by atoms with Crippen molar-refractivity contribution in [2.24, 2.45) is 13.0 Å². The molecule has 6 rings (SSSR count). The predicted molar refractivity (Wildman–Crippen MR) is 141 cm³/mol. The summed E-state index contributed by atoms with van der Waals surface area (Å²) in [7, 11) is 3.10. The Morgan fingerprint density at radius 2 is 1.95 bits per heavy atom. The second-order valence-corrected chi connectivity index (χ2v) is 10.2. The number of methoxy groups -OCH3 is 1. The number of allylic oxidation sites excluding steroid dienone is 1. The van der Waals surface area contributed by atoms with Crippen LogP contribution in [0, 0.1) is 5.92 Å². The lowest BCUT2D eigenvalue weighted by molar-refractivity contribution is 0.0515. The highest BCUT2D eigenvalue weighted by atomic mass is 16.7. The third kappa shape index (κ3) is 4.54. The van der Waals surface area contributed by atoms with E-state index in [9.17, 15) is 5.02 Å². The molecular weight excluding hydrogens is 469 g/mol. The van der Waals surface area contributed by atoms with E-state index in [4.69, 9.17) is 14.2 Å². The molecule has 2 bridgehead atoms. The number of hydrogen-bond acceptors (Lipinski definition) is 8. The molecule has 10 heteroatoms. The van der Waals surface area contributed by atoms with Gasteiger partial charge in [-0.15, -0.1) is 10.2 Å². The summed E-state index contributed by atoms with van der Waals surface area (Å²) < 4.78 is 18.9. The van der Waals surface area contributed by atoms with Gasteiger partial charge in [-0.05, 0) is 67.8 Å². The zero-order valence-corrected chi connectivity index (χ0v) is 21.5. The van der Waals surface area contributed by atoms with Crippen LogP contribution in [-0.2, 0) is 11.8 Å². The Hall–Kier alpha value is -3.21. The number of nitrogens with zero attached hydrogens (tertiary/aromatic N) is 5. The van der Waals surface area contributed by atoms with Crippen molar-refractivity contribution >= 4 is 12.6 Å². The van der Waals surface area contributed by atoms with Crippen molar-refractivity contribution in [3.8, 4) is 33.9 Å². The molecule has 2 fully saturated rings. The van der Waals surface area contributed by atoms with Gasteiger partial charge in [-0.3, -0.25) is 4.68 Å². The molecule has 0 radical (unpaired) electrons. The summed E-state index contributed by atoms with van der Waals surface area (Å²) >= 11 is 0. The smallest absolute Gasteiger partial charge is 0.376 e. The predicted octanol–water partition coefficient (Wildman–Crippen LogP) is 3.66. The first-order valence-corrected chi connectivity index (χ1v) is 12.9. The monoisotopic (exact) mass is 501 g/mol. The topological polar surface area (TPSA) is 94.8 Å². The summed E-state index contributed by atoms with van der Waals surface area (Å²) in [6, 6.07) is 8.81. The lowest BCUT2D eigenvalue weighted by Crippen LogP contribution is -2.50. The first kappa shape index (κ1) is 24.1. The summed E-state index contributed by atoms with van der Waals surface area (Å²) in [6.07, 6.45) is 10.3. The van der Waals surface area contributed by atoms with Gasteiger partial charge in [0.05, 0.1) is 6.20 Å². The second-order valence-electron chi connectivity index (χ2n) is 10.2. The molecule has 5 heterocycles. The molecule has 3 aromatic rings. The van der Waals surface area contributed by atoms with E-state index < -0.39 is 7.05 Å². The largest absolute Gasteiger partial charge is 0.487 e. The SMILES string of the molecule is COCOc1cc(-c2cnn(C)c2)ccc1-c1cc2c(nn1)C([C@@H]1C[C@H]3CC[C@@H](C1)N3B(C)O)=CCO2. The average molecular weight is 501 g/mol. The van der Waals surface area contributed by atoms with Gasteiger partial charge in [0.25, 0.3) is 0 Å². The zero-order valence-electron chi connectivity index (χ0n) is 21.5. The minimum atomic E-state index is -0.393. The first-order valence-electron chi connectivity index (χ1n) is 12.9. The lowest BCUT2D eigenvalue weighted by atomic mass is 9.74. The van der Waals surface area contributed by atoms with Crippen LogP contribution in [0.1, 0.15) is 31.4 Å². The van der Waals surface area contributed by atoms with Crippen LogP contribution in [-0.4, -0.2) is 69.5 Å². The molecule has 2 aromatic heterocycles. The molecule has 0 spiro atoms. The van der Waals surface area contributed by atoms with Gasteiger partial charge < -0.3 is 24.0 Å². The molecule has 3 aliphatic rings. The molecule has 0 unspecified atom stereocenters. The fraction of sp³-hybridized carbons (Fsp3) is 0.444. The highest BCUT2D eigenvalue weighted by molar-refractivity contribution is 6.45. The molecule has 0 amide bonds. The van der Waals surface area contributed by atoms with Gasteiger partial charge in [0.15, 0.2) is 6.79 Å². The molecule has 2 saturated heterocycles. The van der Waals surface area contributed by atoms with Crippen LogP contribution in [0.15, 0.2) is 42.7 Å². The van der Waals surface area contributed by atoms with Gasteiger partial charge in [-0.25, -0.2) is 0 Å². The summed E-state index contributed by atoms with van der Waals surface area (Å²) in [5.74, 6) is 1.81. The van der Waals surface area contributed by atoms with E-state index in [0.717, 1.165) is 53.8 Å². The molecule has 9 nitrogen and oxygen atoms in total. The van der Waals surface area contributed by atoms with Crippen LogP contribution < -0.4 is 9.47 Å². The molecular formula is C27H32BN5O4. The van der Waals surface area contributed by atoms with Crippen molar-refractivity contribution < 1.29 is 19.2 Å². The van der Waals surface area contributed by atoms with Crippen LogP contribution in [0.4, 0.5) is 0 Å². The van der Waals surface area contributed by atoms with Crippen LogP contribution in [0.25, 0.3) is 28.0 Å². The number of hydrogen-bond donors (Lipinski definition) is 1. The van der Waals surface area contributed by atoms with Gasteiger partial charge >= 0.3 is 7.05 Å². The Morgan fingerprint density at radius 1 is 1.14 bits per heavy atom. The maximum Gasteiger partial charge on any atom is 0.376 e. The second kappa shape index (κ2) is 9.93. The Balaban J connectivity index is 1.29. The fourth-order valence-electron chi connectivity index (χ4n) is 6.30. The van der Waals surface area contributed by atoms with Crippen molar-refractivity contribution in [3.05, 3.63) is 48.4 Å². The number of ether oxygens (including phenoxy) is 3. The summed E-state index contributed by atoms with van der Waals surface area (Å²) in [4.78, 5) is 2.29. The molecule has 192 valence electrons. The average Bonchev–Trinajstić information content (AvgIpc) is 3.46. The Kier molecular flexibility index (Phi) is 6.48. The molecule has 3 aliphatic heterocycles. The van der Waals surface area contributed by atoms with Gasteiger partial charge in [0, 0.05) is 49.6 Å². The van der Waals surface area contributed by atoms with E-state index in [2.05, 4.69) is 26.2 Å². The molecule has 0 aliphatic carbocycles. The van der Waals surface area contributed by atoms with Crippen LogP contribution in [0.5, 0.6) is 11.5 Å². The number of piperidine rings is 1. The van der Waals surface area contributed by atoms with Gasteiger partial charge in [-0.2, -0.15) is 5.10 Å². The molecule has 3 atom stereocenters. The first-order chi connectivity index (χ1) is 18.0. The summed E-state index contributed by atoms with van der Waals surface area (Å²) in [5, 5.41) is 23.8. The van der Waals surface area contributed by atoms with Crippen LogP contribution in [0.3, 0.4) is 0 Å². The number of aromatic nitrogens is 4. The van der Waals surface area contributed by atoms with Gasteiger partial charge in [-0.1, -0.05) is 6.07 Å². The van der Waals surface area contributed by atoms with Crippen LogP contribution >= 0.6 is 0 Å².